The van der Waals surface area contributed by atoms with Crippen molar-refractivity contribution in [2.24, 2.45) is 0 Å². The largest absolute Gasteiger partial charge is 0.461 e. The second-order valence-electron chi connectivity index (χ2n) is 5.15. The number of fused-ring (bicyclic) bond motifs is 1. The number of esters is 1. The van der Waals surface area contributed by atoms with Crippen molar-refractivity contribution >= 4 is 16.7 Å². The van der Waals surface area contributed by atoms with Crippen LogP contribution in [-0.2, 0) is 9.47 Å². The van der Waals surface area contributed by atoms with Crippen molar-refractivity contribution in [3.63, 3.8) is 0 Å². The van der Waals surface area contributed by atoms with Crippen molar-refractivity contribution in [1.82, 2.24) is 4.90 Å². The van der Waals surface area contributed by atoms with E-state index in [1.165, 1.54) is 0 Å². The Morgan fingerprint density at radius 2 is 1.86 bits per heavy atom. The Morgan fingerprint density at radius 3 is 2.67 bits per heavy atom. The lowest BCUT2D eigenvalue weighted by molar-refractivity contribution is 0.0195. The number of carbonyl (C=O) groups excluding carboxylic acids is 1. The van der Waals surface area contributed by atoms with Crippen molar-refractivity contribution in [2.45, 2.75) is 0 Å². The molecule has 1 aliphatic heterocycles. The highest BCUT2D eigenvalue weighted by Gasteiger charge is 2.12. The zero-order valence-electron chi connectivity index (χ0n) is 12.0. The van der Waals surface area contributed by atoms with Crippen LogP contribution in [-0.4, -0.2) is 50.3 Å². The fraction of sp³-hybridized carbons (Fsp3) is 0.353. The minimum Gasteiger partial charge on any atom is -0.461 e. The number of nitrogens with zero attached hydrogens (tertiary/aromatic N) is 1. The van der Waals surface area contributed by atoms with Crippen LogP contribution in [0.2, 0.25) is 0 Å². The summed E-state index contributed by atoms with van der Waals surface area (Å²) in [6, 6.07) is 13.6. The smallest absolute Gasteiger partial charge is 0.338 e. The van der Waals surface area contributed by atoms with Gasteiger partial charge in [-0.3, -0.25) is 4.90 Å². The maximum absolute atomic E-state index is 12.1. The predicted octanol–water partition coefficient (Wildman–Crippen LogP) is 2.33. The molecule has 110 valence electrons. The zero-order chi connectivity index (χ0) is 14.5. The monoisotopic (exact) mass is 285 g/mol. The van der Waals surface area contributed by atoms with Gasteiger partial charge in [0.15, 0.2) is 0 Å². The molecule has 1 aliphatic rings. The average molecular weight is 285 g/mol. The molecule has 0 spiro atoms. The van der Waals surface area contributed by atoms with Crippen LogP contribution >= 0.6 is 0 Å². The van der Waals surface area contributed by atoms with Gasteiger partial charge < -0.3 is 9.47 Å². The summed E-state index contributed by atoms with van der Waals surface area (Å²) in [6.45, 7) is 4.53. The zero-order valence-corrected chi connectivity index (χ0v) is 12.0. The van der Waals surface area contributed by atoms with Gasteiger partial charge in [0.05, 0.1) is 18.8 Å². The Kier molecular flexibility index (Phi) is 4.48. The third-order valence-corrected chi connectivity index (χ3v) is 3.73. The van der Waals surface area contributed by atoms with Gasteiger partial charge >= 0.3 is 5.97 Å². The van der Waals surface area contributed by atoms with E-state index in [-0.39, 0.29) is 5.97 Å². The van der Waals surface area contributed by atoms with Crippen LogP contribution < -0.4 is 0 Å². The Hall–Kier alpha value is -1.91. The molecule has 0 aliphatic carbocycles. The van der Waals surface area contributed by atoms with Gasteiger partial charge in [0, 0.05) is 19.6 Å². The predicted molar refractivity (Wildman–Crippen MR) is 81.5 cm³/mol. The highest BCUT2D eigenvalue weighted by Crippen LogP contribution is 2.16. The number of morpholine rings is 1. The van der Waals surface area contributed by atoms with E-state index < -0.39 is 0 Å². The molecule has 21 heavy (non-hydrogen) atoms. The van der Waals surface area contributed by atoms with Crippen molar-refractivity contribution in [2.75, 3.05) is 39.5 Å². The lowest BCUT2D eigenvalue weighted by Crippen LogP contribution is -2.38. The van der Waals surface area contributed by atoms with Gasteiger partial charge in [0.1, 0.15) is 6.61 Å². The average Bonchev–Trinajstić information content (AvgIpc) is 2.55. The first-order chi connectivity index (χ1) is 10.3. The molecular formula is C17H19NO3. The lowest BCUT2D eigenvalue weighted by Gasteiger charge is -2.26. The maximum Gasteiger partial charge on any atom is 0.338 e. The highest BCUT2D eigenvalue weighted by molar-refractivity contribution is 5.95. The second kappa shape index (κ2) is 6.70. The van der Waals surface area contributed by atoms with E-state index in [9.17, 15) is 4.79 Å². The van der Waals surface area contributed by atoms with Gasteiger partial charge in [-0.15, -0.1) is 0 Å². The number of hydrogen-bond acceptors (Lipinski definition) is 4. The molecule has 1 saturated heterocycles. The number of ether oxygens (including phenoxy) is 2. The number of hydrogen-bond donors (Lipinski definition) is 0. The molecule has 0 unspecified atom stereocenters. The molecule has 0 aromatic heterocycles. The first-order valence-corrected chi connectivity index (χ1v) is 7.29. The van der Waals surface area contributed by atoms with Crippen molar-refractivity contribution in [3.8, 4) is 0 Å². The van der Waals surface area contributed by atoms with E-state index in [1.807, 2.05) is 42.5 Å². The molecule has 4 nitrogen and oxygen atoms in total. The van der Waals surface area contributed by atoms with E-state index in [0.717, 1.165) is 43.6 Å². The molecular weight excluding hydrogens is 266 g/mol. The molecule has 0 amide bonds. The molecule has 1 heterocycles. The Morgan fingerprint density at radius 1 is 1.10 bits per heavy atom. The molecule has 2 aromatic rings. The first kappa shape index (κ1) is 14.0. The molecule has 4 heteroatoms. The standard InChI is InChI=1S/C17H19NO3/c19-17(21-12-9-18-7-10-20-11-8-18)16-6-5-14-3-1-2-4-15(14)13-16/h1-6,13H,7-12H2. The van der Waals surface area contributed by atoms with Crippen LogP contribution in [0.3, 0.4) is 0 Å². The Bertz CT molecular complexity index is 620. The molecule has 0 N–H and O–H groups in total. The molecule has 1 fully saturated rings. The van der Waals surface area contributed by atoms with Crippen LogP contribution in [0.5, 0.6) is 0 Å². The van der Waals surface area contributed by atoms with E-state index in [1.54, 1.807) is 0 Å². The Labute approximate surface area is 124 Å². The molecule has 0 saturated carbocycles. The number of carbonyl (C=O) groups is 1. The molecule has 0 atom stereocenters. The minimum absolute atomic E-state index is 0.256. The summed E-state index contributed by atoms with van der Waals surface area (Å²) in [4.78, 5) is 14.3. The molecule has 0 radical (unpaired) electrons. The fourth-order valence-electron chi connectivity index (χ4n) is 2.49. The first-order valence-electron chi connectivity index (χ1n) is 7.29. The third kappa shape index (κ3) is 3.60. The van der Waals surface area contributed by atoms with Gasteiger partial charge in [-0.2, -0.15) is 0 Å². The summed E-state index contributed by atoms with van der Waals surface area (Å²) in [5.74, 6) is -0.256. The van der Waals surface area contributed by atoms with Gasteiger partial charge in [0.25, 0.3) is 0 Å². The van der Waals surface area contributed by atoms with Crippen LogP contribution in [0, 0.1) is 0 Å². The molecule has 2 aromatic carbocycles. The summed E-state index contributed by atoms with van der Waals surface area (Å²) in [6.07, 6.45) is 0. The van der Waals surface area contributed by atoms with Crippen molar-refractivity contribution in [3.05, 3.63) is 48.0 Å². The lowest BCUT2D eigenvalue weighted by atomic mass is 10.1. The Balaban J connectivity index is 1.56. The topological polar surface area (TPSA) is 38.8 Å². The van der Waals surface area contributed by atoms with Crippen LogP contribution in [0.1, 0.15) is 10.4 Å². The fourth-order valence-corrected chi connectivity index (χ4v) is 2.49. The summed E-state index contributed by atoms with van der Waals surface area (Å²) in [5, 5.41) is 2.18. The minimum atomic E-state index is -0.256. The maximum atomic E-state index is 12.1. The third-order valence-electron chi connectivity index (χ3n) is 3.73. The summed E-state index contributed by atoms with van der Waals surface area (Å²) < 4.78 is 10.6. The second-order valence-corrected chi connectivity index (χ2v) is 5.15. The van der Waals surface area contributed by atoms with Gasteiger partial charge in [-0.05, 0) is 22.9 Å². The summed E-state index contributed by atoms with van der Waals surface area (Å²) in [7, 11) is 0. The van der Waals surface area contributed by atoms with Crippen molar-refractivity contribution < 1.29 is 14.3 Å². The number of rotatable bonds is 4. The van der Waals surface area contributed by atoms with Gasteiger partial charge in [-0.1, -0.05) is 30.3 Å². The van der Waals surface area contributed by atoms with Crippen LogP contribution in [0.25, 0.3) is 10.8 Å². The van der Waals surface area contributed by atoms with Gasteiger partial charge in [-0.25, -0.2) is 4.79 Å². The highest BCUT2D eigenvalue weighted by atomic mass is 16.5. The van der Waals surface area contributed by atoms with E-state index in [0.29, 0.717) is 12.2 Å². The van der Waals surface area contributed by atoms with Gasteiger partial charge in [0.2, 0.25) is 0 Å². The summed E-state index contributed by atoms with van der Waals surface area (Å²) in [5.41, 5.74) is 0.607. The van der Waals surface area contributed by atoms with E-state index >= 15 is 0 Å². The SMILES string of the molecule is O=C(OCCN1CCOCC1)c1ccc2ccccc2c1. The van der Waals surface area contributed by atoms with E-state index in [4.69, 9.17) is 9.47 Å². The molecule has 3 rings (SSSR count). The summed E-state index contributed by atoms with van der Waals surface area (Å²) >= 11 is 0. The molecule has 0 bridgehead atoms. The number of benzene rings is 2. The van der Waals surface area contributed by atoms with Crippen molar-refractivity contribution in [1.29, 1.82) is 0 Å². The quantitative estimate of drug-likeness (QED) is 0.808. The normalized spacial score (nSPS) is 16.0. The van der Waals surface area contributed by atoms with E-state index in [2.05, 4.69) is 4.90 Å². The van der Waals surface area contributed by atoms with Crippen LogP contribution in [0.15, 0.2) is 42.5 Å². The van der Waals surface area contributed by atoms with Crippen LogP contribution in [0.4, 0.5) is 0 Å².